The van der Waals surface area contributed by atoms with Crippen molar-refractivity contribution in [3.05, 3.63) is 58.9 Å². The van der Waals surface area contributed by atoms with Gasteiger partial charge in [-0.25, -0.2) is 0 Å². The Hall–Kier alpha value is -2.36. The van der Waals surface area contributed by atoms with Crippen molar-refractivity contribution >= 4 is 11.7 Å². The Morgan fingerprint density at radius 3 is 1.45 bits per heavy atom. The molecule has 0 aromatic heterocycles. The van der Waals surface area contributed by atoms with Gasteiger partial charge in [0, 0.05) is 23.5 Å². The van der Waals surface area contributed by atoms with Crippen molar-refractivity contribution in [1.82, 2.24) is 10.6 Å². The SMILES string of the molecule is CC1=CNC(c2ccc(C3=NCC(C)=CN3)cc2)=NC1. The normalized spacial score (nSPS) is 18.1. The van der Waals surface area contributed by atoms with Gasteiger partial charge in [-0.15, -0.1) is 0 Å². The highest BCUT2D eigenvalue weighted by molar-refractivity contribution is 6.03. The van der Waals surface area contributed by atoms with Gasteiger partial charge < -0.3 is 10.6 Å². The smallest absolute Gasteiger partial charge is 0.132 e. The average Bonchev–Trinajstić information content (AvgIpc) is 2.49. The van der Waals surface area contributed by atoms with Crippen LogP contribution in [0.5, 0.6) is 0 Å². The van der Waals surface area contributed by atoms with Gasteiger partial charge in [0.05, 0.1) is 13.1 Å². The largest absolute Gasteiger partial charge is 0.346 e. The van der Waals surface area contributed by atoms with Crippen LogP contribution in [0.2, 0.25) is 0 Å². The van der Waals surface area contributed by atoms with Crippen LogP contribution >= 0.6 is 0 Å². The number of amidine groups is 2. The molecule has 2 heterocycles. The minimum Gasteiger partial charge on any atom is -0.346 e. The molecule has 102 valence electrons. The summed E-state index contributed by atoms with van der Waals surface area (Å²) in [5, 5.41) is 6.45. The summed E-state index contributed by atoms with van der Waals surface area (Å²) in [7, 11) is 0. The Bertz CT molecular complexity index is 576. The van der Waals surface area contributed by atoms with Crippen LogP contribution in [0.15, 0.2) is 57.8 Å². The number of rotatable bonds is 2. The van der Waals surface area contributed by atoms with Crippen LogP contribution in [0.1, 0.15) is 25.0 Å². The predicted octanol–water partition coefficient (Wildman–Crippen LogP) is 2.19. The molecule has 0 bridgehead atoms. The van der Waals surface area contributed by atoms with E-state index in [9.17, 15) is 0 Å². The lowest BCUT2D eigenvalue weighted by Gasteiger charge is -2.15. The van der Waals surface area contributed by atoms with E-state index in [1.807, 2.05) is 12.4 Å². The molecule has 20 heavy (non-hydrogen) atoms. The number of hydrogen-bond donors (Lipinski definition) is 2. The maximum absolute atomic E-state index is 4.51. The summed E-state index contributed by atoms with van der Waals surface area (Å²) in [5.41, 5.74) is 4.68. The van der Waals surface area contributed by atoms with Crippen molar-refractivity contribution in [3.63, 3.8) is 0 Å². The first-order valence-corrected chi connectivity index (χ1v) is 6.76. The Morgan fingerprint density at radius 1 is 0.750 bits per heavy atom. The Kier molecular flexibility index (Phi) is 3.37. The molecule has 0 saturated heterocycles. The van der Waals surface area contributed by atoms with Crippen molar-refractivity contribution in [3.8, 4) is 0 Å². The van der Waals surface area contributed by atoms with E-state index in [2.05, 4.69) is 58.7 Å². The van der Waals surface area contributed by atoms with Crippen LogP contribution in [0.25, 0.3) is 0 Å². The zero-order chi connectivity index (χ0) is 13.9. The summed E-state index contributed by atoms with van der Waals surface area (Å²) in [6, 6.07) is 8.30. The summed E-state index contributed by atoms with van der Waals surface area (Å²) in [4.78, 5) is 9.03. The fourth-order valence-corrected chi connectivity index (χ4v) is 2.11. The van der Waals surface area contributed by atoms with Crippen molar-refractivity contribution in [1.29, 1.82) is 0 Å². The molecule has 0 saturated carbocycles. The number of nitrogens with one attached hydrogen (secondary N) is 2. The van der Waals surface area contributed by atoms with Crippen molar-refractivity contribution in [2.45, 2.75) is 13.8 Å². The second-order valence-corrected chi connectivity index (χ2v) is 5.18. The Morgan fingerprint density at radius 2 is 1.15 bits per heavy atom. The Labute approximate surface area is 119 Å². The highest BCUT2D eigenvalue weighted by Gasteiger charge is 2.09. The van der Waals surface area contributed by atoms with Crippen LogP contribution in [0.3, 0.4) is 0 Å². The summed E-state index contributed by atoms with van der Waals surface area (Å²) in [6.07, 6.45) is 4.02. The van der Waals surface area contributed by atoms with E-state index in [0.717, 1.165) is 35.9 Å². The van der Waals surface area contributed by atoms with E-state index in [4.69, 9.17) is 0 Å². The van der Waals surface area contributed by atoms with Crippen LogP contribution < -0.4 is 10.6 Å². The number of aliphatic imine (C=N–C) groups is 2. The molecule has 0 spiro atoms. The monoisotopic (exact) mass is 266 g/mol. The van der Waals surface area contributed by atoms with E-state index >= 15 is 0 Å². The number of nitrogens with zero attached hydrogens (tertiary/aromatic N) is 2. The molecule has 4 heteroatoms. The average molecular weight is 266 g/mol. The third kappa shape index (κ3) is 2.64. The molecule has 1 aromatic carbocycles. The lowest BCUT2D eigenvalue weighted by atomic mass is 10.1. The van der Waals surface area contributed by atoms with Crippen LogP contribution in [-0.4, -0.2) is 24.8 Å². The first-order chi connectivity index (χ1) is 9.72. The van der Waals surface area contributed by atoms with Gasteiger partial charge in [-0.2, -0.15) is 0 Å². The van der Waals surface area contributed by atoms with Gasteiger partial charge in [0.25, 0.3) is 0 Å². The molecule has 0 amide bonds. The van der Waals surface area contributed by atoms with Crippen LogP contribution in [0.4, 0.5) is 0 Å². The van der Waals surface area contributed by atoms with E-state index in [-0.39, 0.29) is 0 Å². The molecule has 0 aliphatic carbocycles. The van der Waals surface area contributed by atoms with Crippen molar-refractivity contribution < 1.29 is 0 Å². The van der Waals surface area contributed by atoms with Gasteiger partial charge in [0.15, 0.2) is 0 Å². The second-order valence-electron chi connectivity index (χ2n) is 5.18. The Balaban J connectivity index is 1.76. The molecule has 4 nitrogen and oxygen atoms in total. The molecule has 0 radical (unpaired) electrons. The summed E-state index contributed by atoms with van der Waals surface area (Å²) >= 11 is 0. The van der Waals surface area contributed by atoms with Crippen LogP contribution in [0, 0.1) is 0 Å². The molecule has 1 aromatic rings. The van der Waals surface area contributed by atoms with Crippen molar-refractivity contribution in [2.24, 2.45) is 9.98 Å². The van der Waals surface area contributed by atoms with Gasteiger partial charge in [-0.05, 0) is 25.0 Å². The zero-order valence-electron chi connectivity index (χ0n) is 11.8. The summed E-state index contributed by atoms with van der Waals surface area (Å²) in [6.45, 7) is 5.67. The summed E-state index contributed by atoms with van der Waals surface area (Å²) in [5.74, 6) is 1.85. The maximum atomic E-state index is 4.51. The molecule has 2 N–H and O–H groups in total. The summed E-state index contributed by atoms with van der Waals surface area (Å²) < 4.78 is 0. The van der Waals surface area contributed by atoms with E-state index in [1.54, 1.807) is 0 Å². The quantitative estimate of drug-likeness (QED) is 0.862. The minimum atomic E-state index is 0.766. The fourth-order valence-electron chi connectivity index (χ4n) is 2.11. The topological polar surface area (TPSA) is 48.8 Å². The van der Waals surface area contributed by atoms with E-state index < -0.39 is 0 Å². The van der Waals surface area contributed by atoms with Gasteiger partial charge in [-0.3, -0.25) is 9.98 Å². The zero-order valence-corrected chi connectivity index (χ0v) is 11.8. The molecular weight excluding hydrogens is 248 g/mol. The first-order valence-electron chi connectivity index (χ1n) is 6.76. The van der Waals surface area contributed by atoms with E-state index in [0.29, 0.717) is 0 Å². The van der Waals surface area contributed by atoms with E-state index in [1.165, 1.54) is 11.1 Å². The maximum Gasteiger partial charge on any atom is 0.132 e. The third-order valence-corrected chi connectivity index (χ3v) is 3.32. The molecule has 0 atom stereocenters. The minimum absolute atomic E-state index is 0.766. The third-order valence-electron chi connectivity index (χ3n) is 3.32. The fraction of sp³-hybridized carbons (Fsp3) is 0.250. The number of hydrogen-bond acceptors (Lipinski definition) is 4. The highest BCUT2D eigenvalue weighted by atomic mass is 15.0. The lowest BCUT2D eigenvalue weighted by molar-refractivity contribution is 1.02. The van der Waals surface area contributed by atoms with Gasteiger partial charge in [-0.1, -0.05) is 24.3 Å². The van der Waals surface area contributed by atoms with Gasteiger partial charge in [0.2, 0.25) is 0 Å². The number of benzene rings is 1. The molecule has 0 fully saturated rings. The van der Waals surface area contributed by atoms with Crippen LogP contribution in [-0.2, 0) is 0 Å². The van der Waals surface area contributed by atoms with Crippen molar-refractivity contribution in [2.75, 3.05) is 13.1 Å². The lowest BCUT2D eigenvalue weighted by Crippen LogP contribution is -2.25. The molecular formula is C16H18N4. The second kappa shape index (κ2) is 5.33. The first kappa shape index (κ1) is 12.7. The molecule has 2 aliphatic heterocycles. The van der Waals surface area contributed by atoms with Gasteiger partial charge >= 0.3 is 0 Å². The molecule has 2 aliphatic rings. The predicted molar refractivity (Wildman–Crippen MR) is 83.0 cm³/mol. The molecule has 0 unspecified atom stereocenters. The van der Waals surface area contributed by atoms with Gasteiger partial charge in [0.1, 0.15) is 11.7 Å². The highest BCUT2D eigenvalue weighted by Crippen LogP contribution is 2.10. The standard InChI is InChI=1S/C16H18N4/c1-11-7-17-15(18-8-11)13-3-5-14(6-4-13)16-19-9-12(2)10-20-16/h3-7,9H,8,10H2,1-2H3,(H,17,18)(H,19,20). The molecule has 3 rings (SSSR count).